The van der Waals surface area contributed by atoms with Crippen molar-refractivity contribution in [2.45, 2.75) is 19.9 Å². The highest BCUT2D eigenvalue weighted by Gasteiger charge is 2.13. The minimum Gasteiger partial charge on any atom is -0.368 e. The smallest absolute Gasteiger partial charge is 0.184 e. The molecule has 122 valence electrons. The fourth-order valence-corrected chi connectivity index (χ4v) is 2.73. The lowest BCUT2D eigenvalue weighted by molar-refractivity contribution is 0.585. The maximum absolute atomic E-state index is 12.1. The van der Waals surface area contributed by atoms with E-state index in [0.29, 0.717) is 6.04 Å². The first-order valence-corrected chi connectivity index (χ1v) is 8.05. The Labute approximate surface area is 135 Å². The maximum atomic E-state index is 12.1. The average Bonchev–Trinajstić information content (AvgIpc) is 2.55. The van der Waals surface area contributed by atoms with Gasteiger partial charge in [0.05, 0.1) is 5.69 Å². The van der Waals surface area contributed by atoms with E-state index in [1.165, 1.54) is 0 Å². The predicted molar refractivity (Wildman–Crippen MR) is 94.1 cm³/mol. The van der Waals surface area contributed by atoms with Crippen molar-refractivity contribution in [2.24, 2.45) is 0 Å². The van der Waals surface area contributed by atoms with Crippen molar-refractivity contribution in [3.8, 4) is 11.3 Å². The van der Waals surface area contributed by atoms with E-state index in [-0.39, 0.29) is 5.43 Å². The molecule has 2 aromatic rings. The Morgan fingerprint density at radius 2 is 2.00 bits per heavy atom. The van der Waals surface area contributed by atoms with Gasteiger partial charge >= 0.3 is 0 Å². The molecular weight excluding hydrogens is 290 g/mol. The molecule has 3 heterocycles. The molecule has 0 aromatic carbocycles. The van der Waals surface area contributed by atoms with E-state index in [9.17, 15) is 4.79 Å². The van der Waals surface area contributed by atoms with Crippen LogP contribution in [0.4, 0.5) is 11.6 Å². The summed E-state index contributed by atoms with van der Waals surface area (Å²) in [6, 6.07) is 7.50. The summed E-state index contributed by atoms with van der Waals surface area (Å²) in [5.74, 6) is 1.69. The zero-order valence-electron chi connectivity index (χ0n) is 13.6. The molecule has 0 amide bonds. The Kier molecular flexibility index (Phi) is 4.62. The molecular formula is C17H23N5O. The fraction of sp³-hybridized carbons (Fsp3) is 0.412. The van der Waals surface area contributed by atoms with Gasteiger partial charge in [-0.3, -0.25) is 4.79 Å². The number of rotatable bonds is 4. The van der Waals surface area contributed by atoms with Crippen LogP contribution in [0.3, 0.4) is 0 Å². The normalized spacial score (nSPS) is 15.0. The molecule has 1 saturated heterocycles. The third-order valence-corrected chi connectivity index (χ3v) is 3.79. The van der Waals surface area contributed by atoms with E-state index in [4.69, 9.17) is 0 Å². The van der Waals surface area contributed by atoms with Crippen LogP contribution >= 0.6 is 0 Å². The zero-order chi connectivity index (χ0) is 16.2. The molecule has 0 saturated carbocycles. The van der Waals surface area contributed by atoms with E-state index in [0.717, 1.165) is 49.1 Å². The summed E-state index contributed by atoms with van der Waals surface area (Å²) < 4.78 is 0. The van der Waals surface area contributed by atoms with Crippen LogP contribution in [0.5, 0.6) is 0 Å². The molecule has 23 heavy (non-hydrogen) atoms. The quantitative estimate of drug-likeness (QED) is 0.801. The molecule has 0 bridgehead atoms. The van der Waals surface area contributed by atoms with E-state index in [1.807, 2.05) is 12.1 Å². The lowest BCUT2D eigenvalue weighted by Crippen LogP contribution is -2.44. The van der Waals surface area contributed by atoms with Crippen molar-refractivity contribution in [1.29, 1.82) is 0 Å². The van der Waals surface area contributed by atoms with Crippen molar-refractivity contribution < 1.29 is 0 Å². The molecule has 1 fully saturated rings. The highest BCUT2D eigenvalue weighted by atomic mass is 16.1. The number of aromatic nitrogens is 2. The third-order valence-electron chi connectivity index (χ3n) is 3.79. The highest BCUT2D eigenvalue weighted by molar-refractivity contribution is 5.64. The van der Waals surface area contributed by atoms with Gasteiger partial charge in [-0.25, -0.2) is 4.98 Å². The number of nitrogens with zero attached hydrogens (tertiary/aromatic N) is 2. The standard InChI is InChI=1S/C17H23N5O/c1-12(2)20-16-9-13(3-4-19-16)15-10-14(23)11-17(21-15)22-7-5-18-6-8-22/h3-4,9-12,18H,5-8H2,1-2H3,(H,19,20)(H,21,23). The summed E-state index contributed by atoms with van der Waals surface area (Å²) >= 11 is 0. The summed E-state index contributed by atoms with van der Waals surface area (Å²) in [6.07, 6.45) is 1.76. The molecule has 0 radical (unpaired) electrons. The second-order valence-electron chi connectivity index (χ2n) is 6.08. The number of anilines is 2. The van der Waals surface area contributed by atoms with Crippen LogP contribution in [0, 0.1) is 0 Å². The Balaban J connectivity index is 1.93. The number of aromatic amines is 1. The topological polar surface area (TPSA) is 73.1 Å². The van der Waals surface area contributed by atoms with Crippen LogP contribution in [0.2, 0.25) is 0 Å². The van der Waals surface area contributed by atoms with Crippen molar-refractivity contribution in [3.63, 3.8) is 0 Å². The molecule has 0 aliphatic carbocycles. The number of pyridine rings is 2. The van der Waals surface area contributed by atoms with Crippen LogP contribution < -0.4 is 21.0 Å². The number of hydrogen-bond donors (Lipinski definition) is 3. The second kappa shape index (κ2) is 6.83. The van der Waals surface area contributed by atoms with Gasteiger partial charge in [0, 0.05) is 56.1 Å². The maximum Gasteiger partial charge on any atom is 0.184 e. The van der Waals surface area contributed by atoms with Crippen LogP contribution in [-0.2, 0) is 0 Å². The molecule has 0 unspecified atom stereocenters. The van der Waals surface area contributed by atoms with Gasteiger partial charge in [-0.05, 0) is 26.0 Å². The SMILES string of the molecule is CC(C)Nc1cc(-c2cc(=O)cc(N3CCNCC3)[nH]2)ccn1. The molecule has 3 N–H and O–H groups in total. The minimum absolute atomic E-state index is 0.0162. The van der Waals surface area contributed by atoms with Gasteiger partial charge in [-0.2, -0.15) is 0 Å². The Bertz CT molecular complexity index is 719. The summed E-state index contributed by atoms with van der Waals surface area (Å²) in [5, 5.41) is 6.61. The lowest BCUT2D eigenvalue weighted by Gasteiger charge is -2.29. The molecule has 3 rings (SSSR count). The number of nitrogens with one attached hydrogen (secondary N) is 3. The summed E-state index contributed by atoms with van der Waals surface area (Å²) in [7, 11) is 0. The monoisotopic (exact) mass is 313 g/mol. The van der Waals surface area contributed by atoms with Crippen LogP contribution in [0.15, 0.2) is 35.3 Å². The predicted octanol–water partition coefficient (Wildman–Crippen LogP) is 1.67. The zero-order valence-corrected chi connectivity index (χ0v) is 13.6. The van der Waals surface area contributed by atoms with Gasteiger partial charge < -0.3 is 20.5 Å². The van der Waals surface area contributed by atoms with Gasteiger partial charge in [0.15, 0.2) is 5.43 Å². The summed E-state index contributed by atoms with van der Waals surface area (Å²) in [6.45, 7) is 7.81. The first-order valence-electron chi connectivity index (χ1n) is 8.05. The van der Waals surface area contributed by atoms with Crippen molar-refractivity contribution in [3.05, 3.63) is 40.7 Å². The van der Waals surface area contributed by atoms with Crippen molar-refractivity contribution in [2.75, 3.05) is 36.4 Å². The third kappa shape index (κ3) is 3.90. The average molecular weight is 313 g/mol. The molecule has 1 aliphatic rings. The van der Waals surface area contributed by atoms with E-state index < -0.39 is 0 Å². The largest absolute Gasteiger partial charge is 0.368 e. The molecule has 1 aliphatic heterocycles. The minimum atomic E-state index is 0.0162. The van der Waals surface area contributed by atoms with E-state index >= 15 is 0 Å². The van der Waals surface area contributed by atoms with Gasteiger partial charge in [0.1, 0.15) is 11.6 Å². The van der Waals surface area contributed by atoms with Gasteiger partial charge in [-0.1, -0.05) is 0 Å². The molecule has 6 heteroatoms. The second-order valence-corrected chi connectivity index (χ2v) is 6.08. The molecule has 6 nitrogen and oxygen atoms in total. The van der Waals surface area contributed by atoms with Gasteiger partial charge in [0.2, 0.25) is 0 Å². The number of H-pyrrole nitrogens is 1. The van der Waals surface area contributed by atoms with Crippen molar-refractivity contribution in [1.82, 2.24) is 15.3 Å². The fourth-order valence-electron chi connectivity index (χ4n) is 2.73. The Morgan fingerprint density at radius 1 is 1.22 bits per heavy atom. The number of piperazine rings is 1. The summed E-state index contributed by atoms with van der Waals surface area (Å²) in [5.41, 5.74) is 1.79. The van der Waals surface area contributed by atoms with E-state index in [2.05, 4.69) is 39.3 Å². The molecule has 0 atom stereocenters. The Hall–Kier alpha value is -2.34. The van der Waals surface area contributed by atoms with Crippen LogP contribution in [-0.4, -0.2) is 42.2 Å². The summed E-state index contributed by atoms with van der Waals surface area (Å²) in [4.78, 5) is 22.0. The lowest BCUT2D eigenvalue weighted by atomic mass is 10.1. The van der Waals surface area contributed by atoms with Crippen molar-refractivity contribution >= 4 is 11.6 Å². The van der Waals surface area contributed by atoms with Gasteiger partial charge in [-0.15, -0.1) is 0 Å². The van der Waals surface area contributed by atoms with Crippen LogP contribution in [0.1, 0.15) is 13.8 Å². The first-order chi connectivity index (χ1) is 11.1. The molecule has 2 aromatic heterocycles. The molecule has 0 spiro atoms. The van der Waals surface area contributed by atoms with Crippen LogP contribution in [0.25, 0.3) is 11.3 Å². The first kappa shape index (κ1) is 15.6. The number of hydrogen-bond acceptors (Lipinski definition) is 5. The highest BCUT2D eigenvalue weighted by Crippen LogP contribution is 2.21. The van der Waals surface area contributed by atoms with E-state index in [1.54, 1.807) is 18.3 Å². The Morgan fingerprint density at radius 3 is 2.74 bits per heavy atom. The van der Waals surface area contributed by atoms with Gasteiger partial charge in [0.25, 0.3) is 0 Å².